The van der Waals surface area contributed by atoms with E-state index in [1.165, 1.54) is 0 Å². The third kappa shape index (κ3) is 2.12. The predicted molar refractivity (Wildman–Crippen MR) is 96.8 cm³/mol. The fourth-order valence-electron chi connectivity index (χ4n) is 2.63. The van der Waals surface area contributed by atoms with Crippen molar-refractivity contribution in [2.45, 2.75) is 0 Å². The Morgan fingerprint density at radius 3 is 2.41 bits per heavy atom. The van der Waals surface area contributed by atoms with Crippen LogP contribution in [0, 0.1) is 0 Å². The highest BCUT2D eigenvalue weighted by Crippen LogP contribution is 2.34. The molecule has 2 nitrogen and oxygen atoms in total. The van der Waals surface area contributed by atoms with Crippen LogP contribution >= 0.6 is 39.1 Å². The van der Waals surface area contributed by atoms with Crippen molar-refractivity contribution in [2.24, 2.45) is 0 Å². The molecule has 0 aliphatic rings. The van der Waals surface area contributed by atoms with Crippen LogP contribution in [0.1, 0.15) is 0 Å². The molecule has 0 saturated heterocycles. The molecule has 0 amide bonds. The first-order valence-electron chi connectivity index (χ1n) is 6.66. The Hall–Kier alpha value is -1.55. The van der Waals surface area contributed by atoms with E-state index >= 15 is 0 Å². The Bertz CT molecular complexity index is 985. The van der Waals surface area contributed by atoms with Gasteiger partial charge in [0.15, 0.2) is 0 Å². The highest BCUT2D eigenvalue weighted by atomic mass is 79.9. The van der Waals surface area contributed by atoms with Crippen molar-refractivity contribution in [3.05, 3.63) is 63.0 Å². The standard InChI is InChI=1S/C17H9BrCl2N2/c18-12-6-2-3-9-10(12)4-1-5-11(9)17-21-15-13(19)7-8-14(20)16(15)22-17/h1-8H,(H,21,22). The molecule has 4 aromatic rings. The molecule has 0 unspecified atom stereocenters. The minimum absolute atomic E-state index is 0.586. The SMILES string of the molecule is Clc1ccc(Cl)c2[nH]c(-c3cccc4c(Br)cccc34)nc12. The van der Waals surface area contributed by atoms with Crippen LogP contribution in [0.3, 0.4) is 0 Å². The van der Waals surface area contributed by atoms with Crippen LogP contribution in [0.2, 0.25) is 10.0 Å². The Morgan fingerprint density at radius 1 is 0.864 bits per heavy atom. The lowest BCUT2D eigenvalue weighted by Gasteiger charge is -2.05. The molecule has 1 aromatic heterocycles. The Morgan fingerprint density at radius 2 is 1.59 bits per heavy atom. The number of halogens is 3. The van der Waals surface area contributed by atoms with Gasteiger partial charge >= 0.3 is 0 Å². The minimum atomic E-state index is 0.586. The summed E-state index contributed by atoms with van der Waals surface area (Å²) in [6.45, 7) is 0. The lowest BCUT2D eigenvalue weighted by molar-refractivity contribution is 1.35. The van der Waals surface area contributed by atoms with Gasteiger partial charge in [-0.2, -0.15) is 0 Å². The van der Waals surface area contributed by atoms with Gasteiger partial charge in [-0.25, -0.2) is 4.98 Å². The van der Waals surface area contributed by atoms with Crippen LogP contribution in [0.5, 0.6) is 0 Å². The van der Waals surface area contributed by atoms with Crippen molar-refractivity contribution < 1.29 is 0 Å². The summed E-state index contributed by atoms with van der Waals surface area (Å²) in [4.78, 5) is 7.93. The first-order chi connectivity index (χ1) is 10.6. The number of rotatable bonds is 1. The molecule has 0 bridgehead atoms. The molecule has 3 aromatic carbocycles. The van der Waals surface area contributed by atoms with E-state index in [0.717, 1.165) is 32.1 Å². The smallest absolute Gasteiger partial charge is 0.139 e. The molecule has 5 heteroatoms. The Labute approximate surface area is 145 Å². The van der Waals surface area contributed by atoms with Crippen LogP contribution in [0.15, 0.2) is 53.0 Å². The zero-order valence-corrected chi connectivity index (χ0v) is 14.3. The van der Waals surface area contributed by atoms with Gasteiger partial charge in [-0.15, -0.1) is 0 Å². The number of aromatic amines is 1. The quantitative estimate of drug-likeness (QED) is 0.396. The third-order valence-corrected chi connectivity index (χ3v) is 4.98. The maximum atomic E-state index is 6.24. The van der Waals surface area contributed by atoms with Crippen molar-refractivity contribution in [2.75, 3.05) is 0 Å². The number of hydrogen-bond acceptors (Lipinski definition) is 1. The summed E-state index contributed by atoms with van der Waals surface area (Å²) in [5.74, 6) is 0.758. The lowest BCUT2D eigenvalue weighted by Crippen LogP contribution is -1.84. The van der Waals surface area contributed by atoms with Gasteiger partial charge < -0.3 is 4.98 Å². The Kier molecular flexibility index (Phi) is 3.37. The summed E-state index contributed by atoms with van der Waals surface area (Å²) in [6, 6.07) is 15.8. The number of nitrogens with zero attached hydrogens (tertiary/aromatic N) is 1. The number of nitrogens with one attached hydrogen (secondary N) is 1. The summed E-state index contributed by atoms with van der Waals surface area (Å²) in [6.07, 6.45) is 0. The molecule has 4 rings (SSSR count). The van der Waals surface area contributed by atoms with Crippen LogP contribution < -0.4 is 0 Å². The average Bonchev–Trinajstić information content (AvgIpc) is 2.97. The summed E-state index contributed by atoms with van der Waals surface area (Å²) in [5, 5.41) is 3.45. The zero-order chi connectivity index (χ0) is 15.3. The summed E-state index contributed by atoms with van der Waals surface area (Å²) >= 11 is 16.0. The van der Waals surface area contributed by atoms with E-state index in [-0.39, 0.29) is 0 Å². The van der Waals surface area contributed by atoms with Crippen LogP contribution in [0.4, 0.5) is 0 Å². The minimum Gasteiger partial charge on any atom is -0.337 e. The number of imidazole rings is 1. The van der Waals surface area contributed by atoms with Crippen LogP contribution in [-0.4, -0.2) is 9.97 Å². The van der Waals surface area contributed by atoms with Crippen LogP contribution in [-0.2, 0) is 0 Å². The van der Waals surface area contributed by atoms with Crippen molar-refractivity contribution in [1.82, 2.24) is 9.97 Å². The highest BCUT2D eigenvalue weighted by molar-refractivity contribution is 9.10. The molecule has 1 heterocycles. The van der Waals surface area contributed by atoms with E-state index in [2.05, 4.69) is 38.0 Å². The van der Waals surface area contributed by atoms with E-state index in [9.17, 15) is 0 Å². The lowest BCUT2D eigenvalue weighted by atomic mass is 10.0. The number of benzene rings is 3. The average molecular weight is 392 g/mol. The highest BCUT2D eigenvalue weighted by Gasteiger charge is 2.13. The van der Waals surface area contributed by atoms with Gasteiger partial charge in [0, 0.05) is 10.0 Å². The van der Waals surface area contributed by atoms with Crippen molar-refractivity contribution in [3.8, 4) is 11.4 Å². The predicted octanol–water partition coefficient (Wildman–Crippen LogP) is 6.45. The molecule has 108 valence electrons. The zero-order valence-electron chi connectivity index (χ0n) is 11.2. The van der Waals surface area contributed by atoms with E-state index < -0.39 is 0 Å². The van der Waals surface area contributed by atoms with Gasteiger partial charge in [-0.1, -0.05) is 69.5 Å². The first kappa shape index (κ1) is 14.1. The molecule has 0 radical (unpaired) electrons. The number of H-pyrrole nitrogens is 1. The van der Waals surface area contributed by atoms with Crippen molar-refractivity contribution in [3.63, 3.8) is 0 Å². The van der Waals surface area contributed by atoms with Crippen molar-refractivity contribution in [1.29, 1.82) is 0 Å². The largest absolute Gasteiger partial charge is 0.337 e. The van der Waals surface area contributed by atoms with Gasteiger partial charge in [0.25, 0.3) is 0 Å². The molecule has 22 heavy (non-hydrogen) atoms. The maximum absolute atomic E-state index is 6.24. The monoisotopic (exact) mass is 390 g/mol. The number of aromatic nitrogens is 2. The fourth-order valence-corrected chi connectivity index (χ4v) is 3.53. The Balaban J connectivity index is 2.06. The summed E-state index contributed by atoms with van der Waals surface area (Å²) < 4.78 is 1.05. The van der Waals surface area contributed by atoms with E-state index in [0.29, 0.717) is 15.6 Å². The number of hydrogen-bond donors (Lipinski definition) is 1. The molecule has 0 aliphatic carbocycles. The first-order valence-corrected chi connectivity index (χ1v) is 8.21. The molecule has 0 spiro atoms. The van der Waals surface area contributed by atoms with E-state index in [1.807, 2.05) is 24.3 Å². The molecular weight excluding hydrogens is 383 g/mol. The molecule has 0 saturated carbocycles. The van der Waals surface area contributed by atoms with Crippen molar-refractivity contribution >= 4 is 60.9 Å². The van der Waals surface area contributed by atoms with Crippen LogP contribution in [0.25, 0.3) is 33.2 Å². The maximum Gasteiger partial charge on any atom is 0.139 e. The molecule has 0 fully saturated rings. The summed E-state index contributed by atoms with van der Waals surface area (Å²) in [5.41, 5.74) is 2.47. The van der Waals surface area contributed by atoms with Gasteiger partial charge in [-0.05, 0) is 29.0 Å². The van der Waals surface area contributed by atoms with Gasteiger partial charge in [0.2, 0.25) is 0 Å². The summed E-state index contributed by atoms with van der Waals surface area (Å²) in [7, 11) is 0. The normalized spacial score (nSPS) is 11.4. The second-order valence-electron chi connectivity index (χ2n) is 4.98. The number of fused-ring (bicyclic) bond motifs is 2. The molecular formula is C17H9BrCl2N2. The molecule has 1 N–H and O–H groups in total. The van der Waals surface area contributed by atoms with E-state index in [4.69, 9.17) is 23.2 Å². The van der Waals surface area contributed by atoms with E-state index in [1.54, 1.807) is 12.1 Å². The topological polar surface area (TPSA) is 28.7 Å². The third-order valence-electron chi connectivity index (χ3n) is 3.67. The van der Waals surface area contributed by atoms with Gasteiger partial charge in [0.05, 0.1) is 15.6 Å². The fraction of sp³-hybridized carbons (Fsp3) is 0. The van der Waals surface area contributed by atoms with Gasteiger partial charge in [0.1, 0.15) is 11.3 Å². The molecule has 0 aliphatic heterocycles. The second kappa shape index (κ2) is 5.27. The second-order valence-corrected chi connectivity index (χ2v) is 6.65. The van der Waals surface area contributed by atoms with Gasteiger partial charge in [-0.3, -0.25) is 0 Å². The molecule has 0 atom stereocenters.